The minimum absolute atomic E-state index is 0.0333. The molecule has 0 aliphatic heterocycles. The molecule has 0 unspecified atom stereocenters. The van der Waals surface area contributed by atoms with Crippen LogP contribution in [-0.4, -0.2) is 27.5 Å². The van der Waals surface area contributed by atoms with Crippen molar-refractivity contribution >= 4 is 50.6 Å². The van der Waals surface area contributed by atoms with Crippen LogP contribution in [0.2, 0.25) is 10.0 Å². The molecule has 2 N–H and O–H groups in total. The van der Waals surface area contributed by atoms with E-state index >= 15 is 0 Å². The zero-order valence-electron chi connectivity index (χ0n) is 13.6. The largest absolute Gasteiger partial charge is 0.465 e. The number of sulfonamides is 1. The molecule has 0 saturated carbocycles. The first kappa shape index (κ1) is 20.3. The van der Waals surface area contributed by atoms with E-state index in [2.05, 4.69) is 0 Å². The van der Waals surface area contributed by atoms with Crippen molar-refractivity contribution in [3.63, 3.8) is 0 Å². The maximum atomic E-state index is 13.2. The zero-order chi connectivity index (χ0) is 19.5. The molecule has 6 nitrogen and oxygen atoms in total. The first-order chi connectivity index (χ1) is 12.2. The molecule has 140 valence electrons. The summed E-state index contributed by atoms with van der Waals surface area (Å²) in [5, 5.41) is -0.0995. The number of hydrogen-bond acceptors (Lipinski definition) is 5. The molecule has 0 aromatic heterocycles. The van der Waals surface area contributed by atoms with Crippen LogP contribution in [0.1, 0.15) is 6.92 Å². The molecule has 0 atom stereocenters. The molecule has 2 aromatic rings. The molecular weight excluding hydrogens is 406 g/mol. The molecule has 0 aliphatic carbocycles. The number of rotatable bonds is 6. The second kappa shape index (κ2) is 8.11. The van der Waals surface area contributed by atoms with E-state index in [1.807, 2.05) is 0 Å². The summed E-state index contributed by atoms with van der Waals surface area (Å²) in [7, 11) is -4.26. The van der Waals surface area contributed by atoms with Crippen molar-refractivity contribution in [3.05, 3.63) is 52.3 Å². The molecule has 2 aromatic carbocycles. The van der Waals surface area contributed by atoms with Crippen LogP contribution in [0, 0.1) is 5.82 Å². The summed E-state index contributed by atoms with van der Waals surface area (Å²) in [5.74, 6) is -1.33. The summed E-state index contributed by atoms with van der Waals surface area (Å²) < 4.78 is 44.9. The summed E-state index contributed by atoms with van der Waals surface area (Å²) in [6.45, 7) is 1.06. The number of nitrogen functional groups attached to an aromatic ring is 1. The van der Waals surface area contributed by atoms with Gasteiger partial charge in [0.05, 0.1) is 32.9 Å². The maximum Gasteiger partial charge on any atom is 0.326 e. The number of nitrogens with two attached hydrogens (primary N) is 1. The fourth-order valence-electron chi connectivity index (χ4n) is 2.08. The van der Waals surface area contributed by atoms with Crippen molar-refractivity contribution in [2.75, 3.05) is 23.2 Å². The van der Waals surface area contributed by atoms with Crippen LogP contribution >= 0.6 is 23.2 Å². The number of carbonyl (C=O) groups is 1. The second-order valence-corrected chi connectivity index (χ2v) is 7.77. The number of ether oxygens (including phenoxy) is 1. The summed E-state index contributed by atoms with van der Waals surface area (Å²) in [6.07, 6.45) is 0. The van der Waals surface area contributed by atoms with Gasteiger partial charge in [0.1, 0.15) is 12.4 Å². The predicted octanol–water partition coefficient (Wildman–Crippen LogP) is 3.47. The van der Waals surface area contributed by atoms with E-state index in [9.17, 15) is 17.6 Å². The van der Waals surface area contributed by atoms with Gasteiger partial charge in [-0.05, 0) is 43.3 Å². The third kappa shape index (κ3) is 4.38. The molecular formula is C16H15Cl2FN2O4S. The fraction of sp³-hybridized carbons (Fsp3) is 0.188. The summed E-state index contributed by atoms with van der Waals surface area (Å²) >= 11 is 11.8. The van der Waals surface area contributed by atoms with E-state index in [4.69, 9.17) is 33.7 Å². The number of halogens is 3. The highest BCUT2D eigenvalue weighted by molar-refractivity contribution is 7.92. The van der Waals surface area contributed by atoms with Gasteiger partial charge in [-0.15, -0.1) is 0 Å². The number of benzene rings is 2. The lowest BCUT2D eigenvalue weighted by Gasteiger charge is -2.24. The van der Waals surface area contributed by atoms with E-state index < -0.39 is 28.4 Å². The van der Waals surface area contributed by atoms with Gasteiger partial charge in [-0.3, -0.25) is 9.10 Å². The van der Waals surface area contributed by atoms with E-state index in [1.165, 1.54) is 12.1 Å². The smallest absolute Gasteiger partial charge is 0.326 e. The summed E-state index contributed by atoms with van der Waals surface area (Å²) in [6, 6.07) is 6.86. The van der Waals surface area contributed by atoms with Gasteiger partial charge >= 0.3 is 5.97 Å². The third-order valence-corrected chi connectivity index (χ3v) is 5.71. The molecule has 0 radical (unpaired) electrons. The first-order valence-corrected chi connectivity index (χ1v) is 9.55. The third-order valence-electron chi connectivity index (χ3n) is 3.33. The van der Waals surface area contributed by atoms with Crippen molar-refractivity contribution in [3.8, 4) is 0 Å². The second-order valence-electron chi connectivity index (χ2n) is 5.09. The van der Waals surface area contributed by atoms with Crippen molar-refractivity contribution in [1.29, 1.82) is 0 Å². The van der Waals surface area contributed by atoms with Gasteiger partial charge in [-0.25, -0.2) is 12.8 Å². The highest BCUT2D eigenvalue weighted by atomic mass is 35.5. The van der Waals surface area contributed by atoms with Crippen molar-refractivity contribution < 1.29 is 22.3 Å². The topological polar surface area (TPSA) is 89.7 Å². The minimum Gasteiger partial charge on any atom is -0.465 e. The molecule has 26 heavy (non-hydrogen) atoms. The zero-order valence-corrected chi connectivity index (χ0v) is 15.9. The lowest BCUT2D eigenvalue weighted by atomic mass is 10.3. The Morgan fingerprint density at radius 1 is 1.19 bits per heavy atom. The van der Waals surface area contributed by atoms with Crippen LogP contribution < -0.4 is 10.0 Å². The fourth-order valence-corrected chi connectivity index (χ4v) is 4.16. The number of carbonyl (C=O) groups excluding carboxylic acids is 1. The lowest BCUT2D eigenvalue weighted by molar-refractivity contribution is -0.141. The first-order valence-electron chi connectivity index (χ1n) is 7.35. The van der Waals surface area contributed by atoms with Crippen LogP contribution in [0.4, 0.5) is 15.8 Å². The van der Waals surface area contributed by atoms with Crippen LogP contribution in [-0.2, 0) is 19.6 Å². The Balaban J connectivity index is 2.55. The molecule has 0 fully saturated rings. The molecule has 10 heteroatoms. The Morgan fingerprint density at radius 3 is 2.23 bits per heavy atom. The van der Waals surface area contributed by atoms with Gasteiger partial charge in [0.2, 0.25) is 0 Å². The van der Waals surface area contributed by atoms with E-state index in [0.29, 0.717) is 0 Å². The normalized spacial score (nSPS) is 11.2. The minimum atomic E-state index is -4.26. The molecule has 2 rings (SSSR count). The molecule has 0 saturated heterocycles. The summed E-state index contributed by atoms with van der Waals surface area (Å²) in [4.78, 5) is 11.6. The van der Waals surface area contributed by atoms with E-state index in [0.717, 1.165) is 28.6 Å². The number of anilines is 2. The number of nitrogens with zero attached hydrogens (tertiary/aromatic N) is 1. The highest BCUT2D eigenvalue weighted by Gasteiger charge is 2.29. The SMILES string of the molecule is CCOC(=O)CN(c1ccc(F)cc1)S(=O)(=O)c1cc(Cl)c(N)c(Cl)c1. The average Bonchev–Trinajstić information content (AvgIpc) is 2.58. The van der Waals surface area contributed by atoms with Gasteiger partial charge in [-0.1, -0.05) is 23.2 Å². The number of hydrogen-bond donors (Lipinski definition) is 1. The Hall–Kier alpha value is -2.03. The van der Waals surface area contributed by atoms with Crippen molar-refractivity contribution in [1.82, 2.24) is 0 Å². The van der Waals surface area contributed by atoms with E-state index in [-0.39, 0.29) is 32.9 Å². The van der Waals surface area contributed by atoms with Gasteiger partial charge in [0.15, 0.2) is 0 Å². The number of esters is 1. The van der Waals surface area contributed by atoms with Gasteiger partial charge in [0, 0.05) is 0 Å². The molecule has 0 heterocycles. The van der Waals surface area contributed by atoms with Gasteiger partial charge in [-0.2, -0.15) is 0 Å². The van der Waals surface area contributed by atoms with Crippen LogP contribution in [0.3, 0.4) is 0 Å². The molecule has 0 aliphatic rings. The van der Waals surface area contributed by atoms with Crippen LogP contribution in [0.15, 0.2) is 41.3 Å². The molecule has 0 amide bonds. The predicted molar refractivity (Wildman–Crippen MR) is 98.4 cm³/mol. The monoisotopic (exact) mass is 420 g/mol. The Labute approximate surface area is 160 Å². The van der Waals surface area contributed by atoms with Gasteiger partial charge < -0.3 is 10.5 Å². The maximum absolute atomic E-state index is 13.2. The Kier molecular flexibility index (Phi) is 6.33. The lowest BCUT2D eigenvalue weighted by Crippen LogP contribution is -2.36. The molecule has 0 bridgehead atoms. The summed E-state index contributed by atoms with van der Waals surface area (Å²) in [5.41, 5.74) is 5.74. The molecule has 0 spiro atoms. The van der Waals surface area contributed by atoms with Crippen molar-refractivity contribution in [2.24, 2.45) is 0 Å². The van der Waals surface area contributed by atoms with Crippen LogP contribution in [0.5, 0.6) is 0 Å². The quantitative estimate of drug-likeness (QED) is 0.570. The Morgan fingerprint density at radius 2 is 1.73 bits per heavy atom. The highest BCUT2D eigenvalue weighted by Crippen LogP contribution is 2.33. The Bertz CT molecular complexity index is 897. The average molecular weight is 421 g/mol. The standard InChI is InChI=1S/C16H15Cl2FN2O4S/c1-2-25-15(22)9-21(11-5-3-10(19)4-6-11)26(23,24)12-7-13(17)16(20)14(18)8-12/h3-8H,2,9,20H2,1H3. The van der Waals surface area contributed by atoms with Gasteiger partial charge in [0.25, 0.3) is 10.0 Å². The van der Waals surface area contributed by atoms with E-state index in [1.54, 1.807) is 6.92 Å². The van der Waals surface area contributed by atoms with Crippen LogP contribution in [0.25, 0.3) is 0 Å². The van der Waals surface area contributed by atoms with Crippen molar-refractivity contribution in [2.45, 2.75) is 11.8 Å².